The van der Waals surface area contributed by atoms with Crippen molar-refractivity contribution in [2.24, 2.45) is 0 Å². The number of amides is 2. The summed E-state index contributed by atoms with van der Waals surface area (Å²) < 4.78 is 5.43. The Labute approximate surface area is 153 Å². The van der Waals surface area contributed by atoms with Crippen molar-refractivity contribution in [1.82, 2.24) is 15.2 Å². The van der Waals surface area contributed by atoms with Crippen LogP contribution in [-0.4, -0.2) is 60.2 Å². The summed E-state index contributed by atoms with van der Waals surface area (Å²) in [4.78, 5) is 31.8. The smallest absolute Gasteiger partial charge is 0.410 e. The highest BCUT2D eigenvalue weighted by molar-refractivity contribution is 5.92. The molecule has 0 radical (unpaired) electrons. The van der Waals surface area contributed by atoms with E-state index in [0.717, 1.165) is 5.69 Å². The number of anilines is 1. The lowest BCUT2D eigenvalue weighted by molar-refractivity contribution is 0.0215. The quantitative estimate of drug-likeness (QED) is 0.883. The molecular formula is C18H25N5O3. The van der Waals surface area contributed by atoms with E-state index in [-0.39, 0.29) is 24.5 Å². The summed E-state index contributed by atoms with van der Waals surface area (Å²) in [7, 11) is 1.55. The van der Waals surface area contributed by atoms with Gasteiger partial charge in [0.05, 0.1) is 30.4 Å². The second kappa shape index (κ2) is 8.04. The van der Waals surface area contributed by atoms with Crippen molar-refractivity contribution in [3.63, 3.8) is 0 Å². The Morgan fingerprint density at radius 1 is 1.38 bits per heavy atom. The fourth-order valence-electron chi connectivity index (χ4n) is 2.79. The zero-order chi connectivity index (χ0) is 19.3. The van der Waals surface area contributed by atoms with Gasteiger partial charge in [0, 0.05) is 26.7 Å². The molecule has 0 bridgehead atoms. The van der Waals surface area contributed by atoms with E-state index in [4.69, 9.17) is 10.00 Å². The van der Waals surface area contributed by atoms with E-state index in [0.29, 0.717) is 25.3 Å². The molecule has 1 atom stereocenters. The van der Waals surface area contributed by atoms with E-state index in [2.05, 4.69) is 16.4 Å². The highest BCUT2D eigenvalue weighted by atomic mass is 16.6. The van der Waals surface area contributed by atoms with Gasteiger partial charge in [-0.15, -0.1) is 0 Å². The average molecular weight is 359 g/mol. The van der Waals surface area contributed by atoms with Gasteiger partial charge in [-0.1, -0.05) is 0 Å². The van der Waals surface area contributed by atoms with Gasteiger partial charge < -0.3 is 19.9 Å². The van der Waals surface area contributed by atoms with Crippen LogP contribution in [0.4, 0.5) is 10.5 Å². The van der Waals surface area contributed by atoms with Gasteiger partial charge in [-0.25, -0.2) is 9.78 Å². The number of carbonyl (C=O) groups is 2. The van der Waals surface area contributed by atoms with E-state index in [1.54, 1.807) is 24.2 Å². The SMILES string of the molecule is CNC(=O)c1ccc(N2CCN(C(=O)OC(C)(C)C)CC2CC#N)cn1. The van der Waals surface area contributed by atoms with Crippen molar-refractivity contribution in [3.05, 3.63) is 24.0 Å². The monoisotopic (exact) mass is 359 g/mol. The summed E-state index contributed by atoms with van der Waals surface area (Å²) in [6, 6.07) is 5.48. The van der Waals surface area contributed by atoms with Crippen LogP contribution in [-0.2, 0) is 4.74 Å². The number of nitrogens with zero attached hydrogens (tertiary/aromatic N) is 4. The number of hydrogen-bond acceptors (Lipinski definition) is 6. The Balaban J connectivity index is 2.12. The summed E-state index contributed by atoms with van der Waals surface area (Å²) >= 11 is 0. The van der Waals surface area contributed by atoms with Gasteiger partial charge in [-0.3, -0.25) is 4.79 Å². The molecule has 1 aromatic rings. The molecule has 0 saturated carbocycles. The Hall–Kier alpha value is -2.82. The van der Waals surface area contributed by atoms with Gasteiger partial charge in [0.2, 0.25) is 0 Å². The fourth-order valence-corrected chi connectivity index (χ4v) is 2.79. The number of pyridine rings is 1. The number of nitrogens with one attached hydrogen (secondary N) is 1. The summed E-state index contributed by atoms with van der Waals surface area (Å²) in [5.41, 5.74) is 0.598. The zero-order valence-electron chi connectivity index (χ0n) is 15.7. The number of hydrogen-bond donors (Lipinski definition) is 1. The van der Waals surface area contributed by atoms with Crippen molar-refractivity contribution in [3.8, 4) is 6.07 Å². The largest absolute Gasteiger partial charge is 0.444 e. The number of rotatable bonds is 3. The molecule has 1 N–H and O–H groups in total. The van der Waals surface area contributed by atoms with Crippen LogP contribution in [0.15, 0.2) is 18.3 Å². The summed E-state index contributed by atoms with van der Waals surface area (Å²) in [5.74, 6) is -0.250. The third kappa shape index (κ3) is 4.85. The topological polar surface area (TPSA) is 98.6 Å². The standard InChI is InChI=1S/C18H25N5O3/c1-18(2,3)26-17(25)22-9-10-23(14(12-22)7-8-19)13-5-6-15(21-11-13)16(24)20-4/h5-6,11,14H,7,9-10,12H2,1-4H3,(H,20,24). The zero-order valence-corrected chi connectivity index (χ0v) is 15.7. The average Bonchev–Trinajstić information content (AvgIpc) is 2.60. The number of aromatic nitrogens is 1. The minimum Gasteiger partial charge on any atom is -0.444 e. The van der Waals surface area contributed by atoms with Crippen LogP contribution < -0.4 is 10.2 Å². The first kappa shape index (κ1) is 19.5. The molecule has 140 valence electrons. The van der Waals surface area contributed by atoms with Gasteiger partial charge in [0.15, 0.2) is 0 Å². The number of piperazine rings is 1. The summed E-state index contributed by atoms with van der Waals surface area (Å²) in [5, 5.41) is 11.7. The van der Waals surface area contributed by atoms with Gasteiger partial charge in [-0.05, 0) is 32.9 Å². The molecule has 1 saturated heterocycles. The maximum atomic E-state index is 12.3. The normalized spacial score (nSPS) is 17.4. The van der Waals surface area contributed by atoms with Gasteiger partial charge in [-0.2, -0.15) is 5.26 Å². The second-order valence-corrected chi connectivity index (χ2v) is 7.12. The van der Waals surface area contributed by atoms with Crippen LogP contribution in [0.2, 0.25) is 0 Å². The maximum absolute atomic E-state index is 12.3. The number of ether oxygens (including phenoxy) is 1. The molecule has 0 aliphatic carbocycles. The molecule has 2 rings (SSSR count). The molecule has 26 heavy (non-hydrogen) atoms. The van der Waals surface area contributed by atoms with Crippen LogP contribution in [0.25, 0.3) is 0 Å². The second-order valence-electron chi connectivity index (χ2n) is 7.12. The Bertz CT molecular complexity index is 690. The van der Waals surface area contributed by atoms with Crippen LogP contribution in [0, 0.1) is 11.3 Å². The Morgan fingerprint density at radius 2 is 2.12 bits per heavy atom. The van der Waals surface area contributed by atoms with Crippen LogP contribution in [0.1, 0.15) is 37.7 Å². The minimum absolute atomic E-state index is 0.158. The third-order valence-electron chi connectivity index (χ3n) is 4.00. The van der Waals surface area contributed by atoms with Crippen LogP contribution in [0.5, 0.6) is 0 Å². The molecule has 2 heterocycles. The first-order valence-corrected chi connectivity index (χ1v) is 8.55. The fraction of sp³-hybridized carbons (Fsp3) is 0.556. The number of nitriles is 1. The Kier molecular flexibility index (Phi) is 6.03. The first-order valence-electron chi connectivity index (χ1n) is 8.55. The third-order valence-corrected chi connectivity index (χ3v) is 4.00. The van der Waals surface area contributed by atoms with Crippen molar-refractivity contribution >= 4 is 17.7 Å². The molecule has 1 fully saturated rings. The lowest BCUT2D eigenvalue weighted by Gasteiger charge is -2.42. The maximum Gasteiger partial charge on any atom is 0.410 e. The predicted molar refractivity (Wildman–Crippen MR) is 96.8 cm³/mol. The highest BCUT2D eigenvalue weighted by Gasteiger charge is 2.32. The molecule has 2 amide bonds. The lowest BCUT2D eigenvalue weighted by Crippen LogP contribution is -2.55. The molecular weight excluding hydrogens is 334 g/mol. The molecule has 1 aliphatic heterocycles. The predicted octanol–water partition coefficient (Wildman–Crippen LogP) is 1.78. The van der Waals surface area contributed by atoms with Gasteiger partial charge >= 0.3 is 6.09 Å². The van der Waals surface area contributed by atoms with E-state index in [1.807, 2.05) is 31.7 Å². The molecule has 1 aromatic heterocycles. The highest BCUT2D eigenvalue weighted by Crippen LogP contribution is 2.23. The van der Waals surface area contributed by atoms with Crippen LogP contribution in [0.3, 0.4) is 0 Å². The van der Waals surface area contributed by atoms with E-state index in [1.165, 1.54) is 0 Å². The molecule has 1 unspecified atom stereocenters. The minimum atomic E-state index is -0.557. The van der Waals surface area contributed by atoms with E-state index < -0.39 is 5.60 Å². The van der Waals surface area contributed by atoms with Crippen molar-refractivity contribution in [2.45, 2.75) is 38.8 Å². The molecule has 0 spiro atoms. The van der Waals surface area contributed by atoms with Crippen molar-refractivity contribution in [1.29, 1.82) is 5.26 Å². The van der Waals surface area contributed by atoms with E-state index >= 15 is 0 Å². The number of carbonyl (C=O) groups excluding carboxylic acids is 2. The molecule has 0 aromatic carbocycles. The molecule has 8 nitrogen and oxygen atoms in total. The summed E-state index contributed by atoms with van der Waals surface area (Å²) in [6.07, 6.45) is 1.53. The first-order chi connectivity index (χ1) is 12.2. The van der Waals surface area contributed by atoms with Gasteiger partial charge in [0.25, 0.3) is 5.91 Å². The van der Waals surface area contributed by atoms with Gasteiger partial charge in [0.1, 0.15) is 11.3 Å². The van der Waals surface area contributed by atoms with Crippen molar-refractivity contribution in [2.75, 3.05) is 31.6 Å². The lowest BCUT2D eigenvalue weighted by atomic mass is 10.1. The molecule has 8 heteroatoms. The molecule has 1 aliphatic rings. The Morgan fingerprint density at radius 3 is 2.65 bits per heavy atom. The summed E-state index contributed by atoms with van der Waals surface area (Å²) in [6.45, 7) is 6.94. The van der Waals surface area contributed by atoms with E-state index in [9.17, 15) is 9.59 Å². The van der Waals surface area contributed by atoms with Crippen LogP contribution >= 0.6 is 0 Å². The van der Waals surface area contributed by atoms with Crippen molar-refractivity contribution < 1.29 is 14.3 Å².